The topological polar surface area (TPSA) is 99.9 Å². The molecule has 7 nitrogen and oxygen atoms in total. The molecule has 2 N–H and O–H groups in total. The van der Waals surface area contributed by atoms with Crippen LogP contribution in [0, 0.1) is 23.0 Å². The number of nitrogens with two attached hydrogens (primary N) is 1. The Balaban J connectivity index is 2.59. The molecule has 0 unspecified atom stereocenters. The Kier molecular flexibility index (Phi) is 4.32. The Morgan fingerprint density at radius 1 is 1.38 bits per heavy atom. The van der Waals surface area contributed by atoms with Gasteiger partial charge in [-0.15, -0.1) is 10.2 Å². The van der Waals surface area contributed by atoms with Crippen LogP contribution in [0.25, 0.3) is 11.4 Å². The van der Waals surface area contributed by atoms with Crippen molar-refractivity contribution in [3.05, 3.63) is 39.7 Å². The van der Waals surface area contributed by atoms with Crippen molar-refractivity contribution in [2.45, 2.75) is 33.9 Å². The second kappa shape index (κ2) is 6.01. The molecular weight excluding hydrogens is 270 g/mol. The fourth-order valence-electron chi connectivity index (χ4n) is 2.31. The molecule has 112 valence electrons. The van der Waals surface area contributed by atoms with Crippen LogP contribution in [-0.2, 0) is 13.1 Å². The van der Waals surface area contributed by atoms with E-state index in [1.165, 1.54) is 6.07 Å². The predicted molar refractivity (Wildman–Crippen MR) is 79.6 cm³/mol. The number of benzene rings is 1. The Hall–Kier alpha value is -2.28. The minimum Gasteiger partial charge on any atom is -0.324 e. The number of hydrogen-bond donors (Lipinski definition) is 1. The van der Waals surface area contributed by atoms with Crippen LogP contribution in [0.2, 0.25) is 0 Å². The summed E-state index contributed by atoms with van der Waals surface area (Å²) in [5.41, 5.74) is 7.09. The number of nitrogens with zero attached hydrogens (tertiary/aromatic N) is 4. The maximum Gasteiger partial charge on any atom is 0.273 e. The number of aromatic nitrogens is 3. The lowest BCUT2D eigenvalue weighted by atomic mass is 10.1. The highest BCUT2D eigenvalue weighted by Gasteiger charge is 2.20. The average molecular weight is 289 g/mol. The molecule has 1 aromatic heterocycles. The van der Waals surface area contributed by atoms with Crippen molar-refractivity contribution in [1.82, 2.24) is 14.8 Å². The van der Waals surface area contributed by atoms with Crippen molar-refractivity contribution in [1.29, 1.82) is 0 Å². The summed E-state index contributed by atoms with van der Waals surface area (Å²) in [6.07, 6.45) is 0. The first kappa shape index (κ1) is 15.1. The largest absolute Gasteiger partial charge is 0.324 e. The Morgan fingerprint density at radius 3 is 2.67 bits per heavy atom. The van der Waals surface area contributed by atoms with E-state index in [4.69, 9.17) is 5.73 Å². The normalized spacial score (nSPS) is 11.1. The van der Waals surface area contributed by atoms with Crippen LogP contribution < -0.4 is 5.73 Å². The molecule has 0 radical (unpaired) electrons. The summed E-state index contributed by atoms with van der Waals surface area (Å²) >= 11 is 0. The van der Waals surface area contributed by atoms with E-state index in [9.17, 15) is 10.1 Å². The molecule has 0 amide bonds. The van der Waals surface area contributed by atoms with E-state index in [0.717, 1.165) is 12.1 Å². The average Bonchev–Trinajstić information content (AvgIpc) is 2.80. The first-order chi connectivity index (χ1) is 9.95. The van der Waals surface area contributed by atoms with Crippen LogP contribution >= 0.6 is 0 Å². The molecule has 0 fully saturated rings. The molecule has 1 heterocycles. The number of hydrogen-bond acceptors (Lipinski definition) is 5. The van der Waals surface area contributed by atoms with Gasteiger partial charge < -0.3 is 10.3 Å². The SMILES string of the molecule is Cc1c(-c2nnc(CN)n2CC(C)C)cccc1[N+](=O)[O-]. The monoisotopic (exact) mass is 289 g/mol. The van der Waals surface area contributed by atoms with E-state index in [-0.39, 0.29) is 17.2 Å². The first-order valence-corrected chi connectivity index (χ1v) is 6.82. The molecule has 0 aliphatic carbocycles. The molecule has 0 atom stereocenters. The molecule has 21 heavy (non-hydrogen) atoms. The molecule has 0 spiro atoms. The highest BCUT2D eigenvalue weighted by atomic mass is 16.6. The molecule has 0 aliphatic rings. The van der Waals surface area contributed by atoms with Gasteiger partial charge in [0.15, 0.2) is 5.82 Å². The maximum atomic E-state index is 11.1. The minimum absolute atomic E-state index is 0.0842. The third-order valence-electron chi connectivity index (χ3n) is 3.30. The second-order valence-corrected chi connectivity index (χ2v) is 5.36. The number of nitro benzene ring substituents is 1. The quantitative estimate of drug-likeness (QED) is 0.672. The van der Waals surface area contributed by atoms with Crippen molar-refractivity contribution in [2.75, 3.05) is 0 Å². The molecule has 0 saturated carbocycles. The molecular formula is C14H19N5O2. The lowest BCUT2D eigenvalue weighted by molar-refractivity contribution is -0.385. The van der Waals surface area contributed by atoms with Crippen molar-refractivity contribution < 1.29 is 4.92 Å². The van der Waals surface area contributed by atoms with Gasteiger partial charge in [-0.3, -0.25) is 10.1 Å². The standard InChI is InChI=1S/C14H19N5O2/c1-9(2)8-18-13(7-15)16-17-14(18)11-5-4-6-12(10(11)3)19(20)21/h4-6,9H,7-8,15H2,1-3H3. The summed E-state index contributed by atoms with van der Waals surface area (Å²) < 4.78 is 1.94. The van der Waals surface area contributed by atoms with Crippen LogP contribution in [0.15, 0.2) is 18.2 Å². The van der Waals surface area contributed by atoms with Gasteiger partial charge in [-0.1, -0.05) is 26.0 Å². The van der Waals surface area contributed by atoms with Gasteiger partial charge in [0.1, 0.15) is 5.82 Å². The van der Waals surface area contributed by atoms with Crippen LogP contribution in [0.3, 0.4) is 0 Å². The number of nitro groups is 1. The third kappa shape index (κ3) is 2.92. The minimum atomic E-state index is -0.383. The van der Waals surface area contributed by atoms with Gasteiger partial charge in [0.05, 0.1) is 11.5 Å². The lowest BCUT2D eigenvalue weighted by Crippen LogP contribution is -2.13. The molecule has 1 aromatic carbocycles. The molecule has 0 saturated heterocycles. The van der Waals surface area contributed by atoms with Crippen LogP contribution in [0.1, 0.15) is 25.2 Å². The molecule has 0 bridgehead atoms. The zero-order valence-electron chi connectivity index (χ0n) is 12.4. The van der Waals surface area contributed by atoms with E-state index < -0.39 is 0 Å². The van der Waals surface area contributed by atoms with E-state index in [0.29, 0.717) is 23.1 Å². The van der Waals surface area contributed by atoms with Crippen LogP contribution in [0.5, 0.6) is 0 Å². The van der Waals surface area contributed by atoms with Gasteiger partial charge in [-0.2, -0.15) is 0 Å². The fourth-order valence-corrected chi connectivity index (χ4v) is 2.31. The van der Waals surface area contributed by atoms with Gasteiger partial charge in [-0.05, 0) is 12.8 Å². The van der Waals surface area contributed by atoms with E-state index in [1.54, 1.807) is 13.0 Å². The second-order valence-electron chi connectivity index (χ2n) is 5.36. The summed E-state index contributed by atoms with van der Waals surface area (Å²) in [4.78, 5) is 10.7. The van der Waals surface area contributed by atoms with Gasteiger partial charge in [0, 0.05) is 23.7 Å². The first-order valence-electron chi connectivity index (χ1n) is 6.82. The van der Waals surface area contributed by atoms with Gasteiger partial charge in [0.2, 0.25) is 0 Å². The van der Waals surface area contributed by atoms with Crippen LogP contribution in [-0.4, -0.2) is 19.7 Å². The van der Waals surface area contributed by atoms with Crippen molar-refractivity contribution >= 4 is 5.69 Å². The van der Waals surface area contributed by atoms with Crippen LogP contribution in [0.4, 0.5) is 5.69 Å². The van der Waals surface area contributed by atoms with Crippen molar-refractivity contribution in [2.24, 2.45) is 11.7 Å². The Morgan fingerprint density at radius 2 is 2.10 bits per heavy atom. The maximum absolute atomic E-state index is 11.1. The van der Waals surface area contributed by atoms with Gasteiger partial charge in [0.25, 0.3) is 5.69 Å². The third-order valence-corrected chi connectivity index (χ3v) is 3.30. The Bertz CT molecular complexity index is 663. The highest BCUT2D eigenvalue weighted by Crippen LogP contribution is 2.29. The highest BCUT2D eigenvalue weighted by molar-refractivity contribution is 5.66. The van der Waals surface area contributed by atoms with E-state index in [2.05, 4.69) is 24.0 Å². The zero-order chi connectivity index (χ0) is 15.6. The van der Waals surface area contributed by atoms with E-state index >= 15 is 0 Å². The molecule has 7 heteroatoms. The van der Waals surface area contributed by atoms with Crippen molar-refractivity contribution in [3.8, 4) is 11.4 Å². The Labute approximate surface area is 122 Å². The van der Waals surface area contributed by atoms with E-state index in [1.807, 2.05) is 10.6 Å². The van der Waals surface area contributed by atoms with Crippen molar-refractivity contribution in [3.63, 3.8) is 0 Å². The molecule has 0 aliphatic heterocycles. The summed E-state index contributed by atoms with van der Waals surface area (Å²) in [5, 5.41) is 19.4. The predicted octanol–water partition coefficient (Wildman–Crippen LogP) is 2.28. The lowest BCUT2D eigenvalue weighted by Gasteiger charge is -2.13. The fraction of sp³-hybridized carbons (Fsp3) is 0.429. The van der Waals surface area contributed by atoms with Gasteiger partial charge in [-0.25, -0.2) is 0 Å². The molecule has 2 aromatic rings. The summed E-state index contributed by atoms with van der Waals surface area (Å²) in [6, 6.07) is 4.98. The molecule has 2 rings (SSSR count). The summed E-state index contributed by atoms with van der Waals surface area (Å²) in [7, 11) is 0. The number of rotatable bonds is 5. The summed E-state index contributed by atoms with van der Waals surface area (Å²) in [6.45, 7) is 6.91. The zero-order valence-corrected chi connectivity index (χ0v) is 12.4. The van der Waals surface area contributed by atoms with Gasteiger partial charge >= 0.3 is 0 Å². The summed E-state index contributed by atoms with van der Waals surface area (Å²) in [5.74, 6) is 1.71. The smallest absolute Gasteiger partial charge is 0.273 e.